The number of hydrogen-bond donors (Lipinski definition) is 0. The molecule has 1 rings (SSSR count). The average Bonchev–Trinajstić information content (AvgIpc) is 2.38. The monoisotopic (exact) mass is 280 g/mol. The molecule has 19 heavy (non-hydrogen) atoms. The van der Waals surface area contributed by atoms with Gasteiger partial charge in [0.2, 0.25) is 9.84 Å². The number of rotatable bonds is 6. The minimum absolute atomic E-state index is 0.0618. The molecule has 0 heterocycles. The Kier molecular flexibility index (Phi) is 4.97. The average molecular weight is 280 g/mol. The first-order valence-electron chi connectivity index (χ1n) is 6.69. The van der Waals surface area contributed by atoms with Crippen molar-refractivity contribution in [3.63, 3.8) is 0 Å². The fourth-order valence-corrected chi connectivity index (χ4v) is 3.51. The minimum atomic E-state index is -3.41. The number of hydrogen-bond acceptors (Lipinski definition) is 2. The van der Waals surface area contributed by atoms with E-state index in [0.717, 1.165) is 6.42 Å². The summed E-state index contributed by atoms with van der Waals surface area (Å²) >= 11 is 0. The second kappa shape index (κ2) is 5.91. The highest BCUT2D eigenvalue weighted by Crippen LogP contribution is 2.37. The normalized spacial score (nSPS) is 14.1. The summed E-state index contributed by atoms with van der Waals surface area (Å²) in [5.74, 6) is 0.454. The van der Waals surface area contributed by atoms with Crippen molar-refractivity contribution in [2.45, 2.75) is 45.4 Å². The van der Waals surface area contributed by atoms with E-state index in [9.17, 15) is 8.42 Å². The van der Waals surface area contributed by atoms with Gasteiger partial charge in [0, 0.05) is 4.91 Å². The van der Waals surface area contributed by atoms with Gasteiger partial charge >= 0.3 is 0 Å². The zero-order chi connectivity index (χ0) is 14.7. The number of sulfone groups is 1. The first kappa shape index (κ1) is 16.0. The van der Waals surface area contributed by atoms with Crippen molar-refractivity contribution < 1.29 is 8.42 Å². The van der Waals surface area contributed by atoms with E-state index in [1.807, 2.05) is 6.07 Å². The summed E-state index contributed by atoms with van der Waals surface area (Å²) in [4.78, 5) is 0.643. The molecule has 0 saturated carbocycles. The maximum absolute atomic E-state index is 12.4. The Morgan fingerprint density at radius 1 is 1.26 bits per heavy atom. The van der Waals surface area contributed by atoms with Gasteiger partial charge in [0.25, 0.3) is 0 Å². The van der Waals surface area contributed by atoms with Crippen LogP contribution in [0.3, 0.4) is 0 Å². The van der Waals surface area contributed by atoms with Crippen molar-refractivity contribution in [1.29, 1.82) is 0 Å². The predicted octanol–water partition coefficient (Wildman–Crippen LogP) is 4.44. The highest BCUT2D eigenvalue weighted by atomic mass is 32.2. The van der Waals surface area contributed by atoms with Crippen LogP contribution < -0.4 is 0 Å². The molecule has 0 spiro atoms. The van der Waals surface area contributed by atoms with Crippen molar-refractivity contribution in [2.24, 2.45) is 11.3 Å². The molecule has 0 aliphatic carbocycles. The van der Waals surface area contributed by atoms with E-state index >= 15 is 0 Å². The van der Waals surface area contributed by atoms with Gasteiger partial charge in [0.15, 0.2) is 0 Å². The zero-order valence-corrected chi connectivity index (χ0v) is 13.1. The Morgan fingerprint density at radius 3 is 2.26 bits per heavy atom. The Balaban J connectivity index is 2.96. The first-order chi connectivity index (χ1) is 8.71. The molecular formula is C16H24O2S. The standard InChI is InChI=1S/C16H24O2S/c1-6-13(2)16(4,5)12-14(3)19(17,18)15-10-8-7-9-11-15/h7-11,13H,3,6,12H2,1-2,4-5H3. The van der Waals surface area contributed by atoms with Gasteiger partial charge in [-0.05, 0) is 29.9 Å². The molecule has 0 aliphatic heterocycles. The van der Waals surface area contributed by atoms with Gasteiger partial charge in [0.05, 0.1) is 4.90 Å². The lowest BCUT2D eigenvalue weighted by molar-refractivity contribution is 0.225. The fraction of sp³-hybridized carbons (Fsp3) is 0.500. The van der Waals surface area contributed by atoms with Crippen LogP contribution in [-0.2, 0) is 9.84 Å². The van der Waals surface area contributed by atoms with E-state index in [1.54, 1.807) is 24.3 Å². The molecule has 1 unspecified atom stereocenters. The lowest BCUT2D eigenvalue weighted by atomic mass is 9.76. The quantitative estimate of drug-likeness (QED) is 0.772. The summed E-state index contributed by atoms with van der Waals surface area (Å²) in [7, 11) is -3.41. The molecule has 3 heteroatoms. The van der Waals surface area contributed by atoms with E-state index in [0.29, 0.717) is 22.1 Å². The SMILES string of the molecule is C=C(CC(C)(C)C(C)CC)S(=O)(=O)c1ccccc1. The van der Waals surface area contributed by atoms with Crippen LogP contribution in [0.2, 0.25) is 0 Å². The Hall–Kier alpha value is -1.09. The van der Waals surface area contributed by atoms with Gasteiger partial charge in [-0.25, -0.2) is 8.42 Å². The second-order valence-electron chi connectivity index (χ2n) is 5.83. The van der Waals surface area contributed by atoms with Crippen molar-refractivity contribution in [3.8, 4) is 0 Å². The molecular weight excluding hydrogens is 256 g/mol. The van der Waals surface area contributed by atoms with E-state index in [1.165, 1.54) is 0 Å². The van der Waals surface area contributed by atoms with Gasteiger partial charge in [-0.1, -0.05) is 58.9 Å². The summed E-state index contributed by atoms with van der Waals surface area (Å²) in [5, 5.41) is 0. The maximum Gasteiger partial charge on any atom is 0.202 e. The highest BCUT2D eigenvalue weighted by molar-refractivity contribution is 7.95. The fourth-order valence-electron chi connectivity index (χ4n) is 2.10. The third-order valence-electron chi connectivity index (χ3n) is 4.03. The summed E-state index contributed by atoms with van der Waals surface area (Å²) < 4.78 is 24.8. The van der Waals surface area contributed by atoms with Crippen LogP contribution in [0.25, 0.3) is 0 Å². The molecule has 0 fully saturated rings. The second-order valence-corrected chi connectivity index (χ2v) is 7.89. The molecule has 0 N–H and O–H groups in total. The molecule has 1 aromatic carbocycles. The van der Waals surface area contributed by atoms with Crippen molar-refractivity contribution >= 4 is 9.84 Å². The third kappa shape index (κ3) is 3.69. The third-order valence-corrected chi connectivity index (χ3v) is 5.83. The van der Waals surface area contributed by atoms with Crippen LogP contribution in [0.4, 0.5) is 0 Å². The molecule has 0 aromatic heterocycles. The largest absolute Gasteiger partial charge is 0.219 e. The molecule has 0 bridgehead atoms. The summed E-state index contributed by atoms with van der Waals surface area (Å²) in [5.41, 5.74) is -0.0618. The molecule has 0 saturated heterocycles. The van der Waals surface area contributed by atoms with E-state index in [2.05, 4.69) is 34.3 Å². The topological polar surface area (TPSA) is 34.1 Å². The van der Waals surface area contributed by atoms with Crippen molar-refractivity contribution in [1.82, 2.24) is 0 Å². The van der Waals surface area contributed by atoms with E-state index < -0.39 is 9.84 Å². The predicted molar refractivity (Wildman–Crippen MR) is 80.6 cm³/mol. The first-order valence-corrected chi connectivity index (χ1v) is 8.18. The lowest BCUT2D eigenvalue weighted by Crippen LogP contribution is -2.23. The van der Waals surface area contributed by atoms with E-state index in [4.69, 9.17) is 0 Å². The summed E-state index contributed by atoms with van der Waals surface area (Å²) in [6, 6.07) is 8.53. The molecule has 106 valence electrons. The Morgan fingerprint density at radius 2 is 1.79 bits per heavy atom. The molecule has 0 aliphatic rings. The minimum Gasteiger partial charge on any atom is -0.219 e. The Bertz CT molecular complexity index is 527. The Labute approximate surface area is 117 Å². The summed E-state index contributed by atoms with van der Waals surface area (Å²) in [6.07, 6.45) is 1.53. The molecule has 0 amide bonds. The maximum atomic E-state index is 12.4. The van der Waals surface area contributed by atoms with Crippen LogP contribution >= 0.6 is 0 Å². The molecule has 1 aromatic rings. The van der Waals surface area contributed by atoms with Crippen LogP contribution in [0, 0.1) is 11.3 Å². The van der Waals surface area contributed by atoms with Crippen LogP contribution in [0.5, 0.6) is 0 Å². The molecule has 2 nitrogen and oxygen atoms in total. The highest BCUT2D eigenvalue weighted by Gasteiger charge is 2.30. The smallest absolute Gasteiger partial charge is 0.202 e. The van der Waals surface area contributed by atoms with Crippen molar-refractivity contribution in [2.75, 3.05) is 0 Å². The van der Waals surface area contributed by atoms with E-state index in [-0.39, 0.29) is 5.41 Å². The van der Waals surface area contributed by atoms with Gasteiger partial charge < -0.3 is 0 Å². The van der Waals surface area contributed by atoms with Gasteiger partial charge in [-0.2, -0.15) is 0 Å². The van der Waals surface area contributed by atoms with Crippen LogP contribution in [0.15, 0.2) is 46.7 Å². The lowest BCUT2D eigenvalue weighted by Gasteiger charge is -2.31. The van der Waals surface area contributed by atoms with Crippen LogP contribution in [0.1, 0.15) is 40.5 Å². The van der Waals surface area contributed by atoms with Gasteiger partial charge in [0.1, 0.15) is 0 Å². The molecule has 1 atom stereocenters. The number of benzene rings is 1. The number of allylic oxidation sites excluding steroid dienone is 1. The van der Waals surface area contributed by atoms with Gasteiger partial charge in [-0.3, -0.25) is 0 Å². The zero-order valence-electron chi connectivity index (χ0n) is 12.3. The molecule has 0 radical (unpaired) electrons. The summed E-state index contributed by atoms with van der Waals surface area (Å²) in [6.45, 7) is 12.3. The van der Waals surface area contributed by atoms with Crippen LogP contribution in [-0.4, -0.2) is 8.42 Å². The van der Waals surface area contributed by atoms with Gasteiger partial charge in [-0.15, -0.1) is 0 Å². The van der Waals surface area contributed by atoms with Crippen molar-refractivity contribution in [3.05, 3.63) is 41.8 Å².